The molecule has 8 atom stereocenters. The van der Waals surface area contributed by atoms with E-state index in [-0.39, 0.29) is 52.4 Å². The summed E-state index contributed by atoms with van der Waals surface area (Å²) >= 11 is 3.97. The van der Waals surface area contributed by atoms with Crippen molar-refractivity contribution in [3.8, 4) is 11.5 Å². The molecule has 1 N–H and O–H groups in total. The third kappa shape index (κ3) is 13.0. The van der Waals surface area contributed by atoms with Gasteiger partial charge in [0.05, 0.1) is 18.2 Å². The summed E-state index contributed by atoms with van der Waals surface area (Å²) in [7, 11) is -5.69. The molecule has 0 heterocycles. The van der Waals surface area contributed by atoms with Crippen LogP contribution < -0.4 is 5.32 Å². The number of rotatable bonds is 18. The monoisotopic (exact) mass is 807 g/mol. The first-order chi connectivity index (χ1) is 23.0. The lowest BCUT2D eigenvalue weighted by atomic mass is 9.68. The Balaban J connectivity index is 3.66. The Labute approximate surface area is 322 Å². The Bertz CT molecular complexity index is 1200. The third-order valence-electron chi connectivity index (χ3n) is 12.7. The van der Waals surface area contributed by atoms with Crippen LogP contribution in [0.25, 0.3) is 0 Å². The second-order valence-corrected chi connectivity index (χ2v) is 32.7. The summed E-state index contributed by atoms with van der Waals surface area (Å²) < 4.78 is 15.7. The van der Waals surface area contributed by atoms with Crippen molar-refractivity contribution >= 4 is 46.5 Å². The highest BCUT2D eigenvalue weighted by molar-refractivity contribution is 9.11. The Morgan fingerprint density at radius 2 is 1.50 bits per heavy atom. The largest absolute Gasteiger partial charge is 0.413 e. The van der Waals surface area contributed by atoms with E-state index >= 15 is 0 Å². The molecule has 1 rings (SSSR count). The summed E-state index contributed by atoms with van der Waals surface area (Å²) in [6.07, 6.45) is 12.6. The first kappa shape index (κ1) is 47.3. The van der Waals surface area contributed by atoms with Crippen molar-refractivity contribution in [2.24, 2.45) is 29.1 Å². The molecule has 0 radical (unpaired) electrons. The lowest BCUT2D eigenvalue weighted by Crippen LogP contribution is -2.56. The van der Waals surface area contributed by atoms with Crippen molar-refractivity contribution in [2.45, 2.75) is 183 Å². The molecule has 0 unspecified atom stereocenters. The van der Waals surface area contributed by atoms with Gasteiger partial charge in [-0.05, 0) is 86.5 Å². The first-order valence-corrected chi connectivity index (χ1v) is 28.8. The maximum absolute atomic E-state index is 12.3. The highest BCUT2D eigenvalue weighted by atomic mass is 79.9. The van der Waals surface area contributed by atoms with E-state index in [4.69, 9.17) is 8.85 Å². The average Bonchev–Trinajstić information content (AvgIpc) is 3.04. The van der Waals surface area contributed by atoms with E-state index in [0.29, 0.717) is 5.92 Å². The fourth-order valence-electron chi connectivity index (χ4n) is 7.39. The zero-order valence-electron chi connectivity index (χ0n) is 35.5. The Morgan fingerprint density at radius 1 is 0.960 bits per heavy atom. The number of amides is 1. The minimum atomic E-state index is -2.16. The first-order valence-electron chi connectivity index (χ1n) is 19.9. The predicted molar refractivity (Wildman–Crippen MR) is 231 cm³/mol. The lowest BCUT2D eigenvalue weighted by Gasteiger charge is -2.46. The van der Waals surface area contributed by atoms with Gasteiger partial charge in [-0.1, -0.05) is 129 Å². The molecule has 0 fully saturated rings. The smallest absolute Gasteiger partial charge is 0.217 e. The average molecular weight is 809 g/mol. The molecule has 0 aliphatic heterocycles. The van der Waals surface area contributed by atoms with Crippen LogP contribution in [0.3, 0.4) is 0 Å². The quantitative estimate of drug-likeness (QED) is 0.0649. The molecule has 0 saturated heterocycles. The van der Waals surface area contributed by atoms with E-state index in [2.05, 4.69) is 173 Å². The maximum Gasteiger partial charge on any atom is 0.217 e. The van der Waals surface area contributed by atoms with Crippen molar-refractivity contribution in [3.63, 3.8) is 0 Å². The van der Waals surface area contributed by atoms with Gasteiger partial charge in [0.15, 0.2) is 16.6 Å². The summed E-state index contributed by atoms with van der Waals surface area (Å²) in [6.45, 7) is 38.4. The van der Waals surface area contributed by atoms with Crippen LogP contribution in [0.5, 0.6) is 0 Å². The van der Waals surface area contributed by atoms with E-state index in [1.807, 2.05) is 0 Å². The highest BCUT2D eigenvalue weighted by Crippen LogP contribution is 2.43. The van der Waals surface area contributed by atoms with Crippen molar-refractivity contribution in [3.05, 3.63) is 34.9 Å². The SMILES string of the molecule is CC[Si](C#C[C@]1(C)C[C@H](C)C=C[C@@H]1/C=C(Br)/C=C/[C@@H](C)[C@@H](O[Si](CC)(CC)CC)[C@H](C)[C@H](O[Si](C)(C)C(C)(C)C)[C@@H](C)NC(C)=O)(CC)CC. The van der Waals surface area contributed by atoms with Crippen molar-refractivity contribution < 1.29 is 13.6 Å². The molecule has 0 bridgehead atoms. The molecule has 50 heavy (non-hydrogen) atoms. The second-order valence-electron chi connectivity index (χ2n) is 17.4. The van der Waals surface area contributed by atoms with Gasteiger partial charge in [-0.25, -0.2) is 0 Å². The van der Waals surface area contributed by atoms with Crippen LogP contribution in [0, 0.1) is 40.6 Å². The molecule has 4 nitrogen and oxygen atoms in total. The minimum absolute atomic E-state index is 0.0256. The topological polar surface area (TPSA) is 47.6 Å². The van der Waals surface area contributed by atoms with Crippen molar-refractivity contribution in [1.29, 1.82) is 0 Å². The van der Waals surface area contributed by atoms with Gasteiger partial charge in [0.2, 0.25) is 5.91 Å². The number of hydrogen-bond donors (Lipinski definition) is 1. The van der Waals surface area contributed by atoms with Crippen molar-refractivity contribution in [1.82, 2.24) is 5.32 Å². The molecule has 0 spiro atoms. The van der Waals surface area contributed by atoms with Gasteiger partial charge in [-0.2, -0.15) is 0 Å². The number of halogens is 1. The molecule has 8 heteroatoms. The molecule has 0 aromatic carbocycles. The number of carbonyl (C=O) groups is 1. The van der Waals surface area contributed by atoms with Crippen molar-refractivity contribution in [2.75, 3.05) is 0 Å². The highest BCUT2D eigenvalue weighted by Gasteiger charge is 2.45. The molecular formula is C42H78BrNO3Si3. The van der Waals surface area contributed by atoms with Crippen LogP contribution in [0.4, 0.5) is 0 Å². The molecule has 288 valence electrons. The van der Waals surface area contributed by atoms with E-state index in [1.165, 1.54) is 18.1 Å². The third-order valence-corrected chi connectivity index (χ3v) is 27.1. The summed E-state index contributed by atoms with van der Waals surface area (Å²) in [5.74, 6) is 4.84. The standard InChI is InChI=1S/C42H78BrNO3Si3/c1-18-49(19-2,20-3)29-28-42(15)31-32(7)24-26-37(42)30-38(43)27-25-33(8)39(47-50(21-4,22-5)23-6)34(9)40(35(10)44-36(11)45)46-48(16,17)41(12,13)14/h24-27,30,32-35,37,39-40H,18-23,31H2,1-17H3,(H,44,45)/b27-25+,38-30-/t32-,33-,34+,35-,37-,39-,40+,42-/m1/s1. The van der Waals surface area contributed by atoms with Crippen LogP contribution in [-0.4, -0.2) is 48.9 Å². The van der Waals surface area contributed by atoms with E-state index < -0.39 is 24.7 Å². The van der Waals surface area contributed by atoms with Gasteiger partial charge in [0, 0.05) is 28.7 Å². The van der Waals surface area contributed by atoms with Gasteiger partial charge >= 0.3 is 0 Å². The Morgan fingerprint density at radius 3 is 1.96 bits per heavy atom. The van der Waals surface area contributed by atoms with Gasteiger partial charge in [-0.3, -0.25) is 4.79 Å². The fraction of sp³-hybridized carbons (Fsp3) is 0.786. The Kier molecular flexibility index (Phi) is 19.0. The lowest BCUT2D eigenvalue weighted by molar-refractivity contribution is -0.120. The maximum atomic E-state index is 12.3. The fourth-order valence-corrected chi connectivity index (χ4v) is 14.9. The zero-order chi connectivity index (χ0) is 38.7. The summed E-state index contributed by atoms with van der Waals surface area (Å²) in [5, 5.41) is 3.24. The van der Waals surface area contributed by atoms with Crippen LogP contribution in [0.1, 0.15) is 110 Å². The normalized spacial score (nSPS) is 23.9. The van der Waals surface area contributed by atoms with E-state index in [1.54, 1.807) is 6.92 Å². The second kappa shape index (κ2) is 20.1. The van der Waals surface area contributed by atoms with Crippen LogP contribution >= 0.6 is 15.9 Å². The minimum Gasteiger partial charge on any atom is -0.413 e. The van der Waals surface area contributed by atoms with Gasteiger partial charge in [0.1, 0.15) is 8.07 Å². The molecule has 0 aromatic rings. The molecule has 0 aromatic heterocycles. The number of allylic oxidation sites excluding steroid dienone is 5. The number of carbonyl (C=O) groups excluding carboxylic acids is 1. The number of nitrogens with one attached hydrogen (secondary N) is 1. The molecule has 1 aliphatic carbocycles. The Hall–Kier alpha value is -0.699. The summed E-state index contributed by atoms with van der Waals surface area (Å²) in [6, 6.07) is 6.80. The molecular weight excluding hydrogens is 731 g/mol. The van der Waals surface area contributed by atoms with E-state index in [9.17, 15) is 4.79 Å². The molecule has 1 aliphatic rings. The van der Waals surface area contributed by atoms with Crippen LogP contribution in [-0.2, 0) is 13.6 Å². The van der Waals surface area contributed by atoms with Crippen LogP contribution in [0.2, 0.25) is 54.4 Å². The van der Waals surface area contributed by atoms with Gasteiger partial charge < -0.3 is 14.2 Å². The van der Waals surface area contributed by atoms with Gasteiger partial charge in [0.25, 0.3) is 0 Å². The summed E-state index contributed by atoms with van der Waals surface area (Å²) in [5.41, 5.74) is 3.84. The van der Waals surface area contributed by atoms with E-state index in [0.717, 1.165) is 29.0 Å². The van der Waals surface area contributed by atoms with Crippen LogP contribution in [0.15, 0.2) is 34.9 Å². The molecule has 0 saturated carbocycles. The predicted octanol–water partition coefficient (Wildman–Crippen LogP) is 12.7. The summed E-state index contributed by atoms with van der Waals surface area (Å²) in [4.78, 5) is 12.3. The molecule has 1 amide bonds. The van der Waals surface area contributed by atoms with Gasteiger partial charge in [-0.15, -0.1) is 11.5 Å². The zero-order valence-corrected chi connectivity index (χ0v) is 40.1. The number of hydrogen-bond acceptors (Lipinski definition) is 3.